The Bertz CT molecular complexity index is 710. The van der Waals surface area contributed by atoms with Gasteiger partial charge in [0.2, 0.25) is 0 Å². The standard InChI is InChI=1S/C21H25NO3/c1-15(2)13-19(17-9-5-4-6-10-17)22-21(24)14-25-20-12-8-7-11-18(20)16(3)23/h4-12,15,19H,13-14H2,1-3H3,(H,22,24). The number of nitrogens with one attached hydrogen (secondary N) is 1. The number of hydrogen-bond donors (Lipinski definition) is 1. The lowest BCUT2D eigenvalue weighted by atomic mass is 9.97. The average molecular weight is 339 g/mol. The molecule has 25 heavy (non-hydrogen) atoms. The molecule has 0 aliphatic heterocycles. The van der Waals surface area contributed by atoms with E-state index in [2.05, 4.69) is 19.2 Å². The number of hydrogen-bond acceptors (Lipinski definition) is 3. The van der Waals surface area contributed by atoms with Crippen molar-refractivity contribution in [2.45, 2.75) is 33.2 Å². The van der Waals surface area contributed by atoms with E-state index in [4.69, 9.17) is 4.74 Å². The third kappa shape index (κ3) is 5.75. The first-order valence-corrected chi connectivity index (χ1v) is 8.54. The highest BCUT2D eigenvalue weighted by Crippen LogP contribution is 2.21. The lowest BCUT2D eigenvalue weighted by molar-refractivity contribution is -0.124. The summed E-state index contributed by atoms with van der Waals surface area (Å²) < 4.78 is 5.57. The minimum absolute atomic E-state index is 0.0552. The molecule has 4 heteroatoms. The molecule has 0 radical (unpaired) electrons. The van der Waals surface area contributed by atoms with E-state index < -0.39 is 0 Å². The molecule has 0 saturated carbocycles. The van der Waals surface area contributed by atoms with E-state index >= 15 is 0 Å². The van der Waals surface area contributed by atoms with Crippen LogP contribution in [0.1, 0.15) is 49.2 Å². The summed E-state index contributed by atoms with van der Waals surface area (Å²) in [6.07, 6.45) is 0.847. The maximum Gasteiger partial charge on any atom is 0.258 e. The molecule has 0 bridgehead atoms. The van der Waals surface area contributed by atoms with Gasteiger partial charge in [0.25, 0.3) is 5.91 Å². The van der Waals surface area contributed by atoms with Crippen LogP contribution in [0.25, 0.3) is 0 Å². The first kappa shape index (κ1) is 18.7. The Morgan fingerprint density at radius 2 is 1.64 bits per heavy atom. The highest BCUT2D eigenvalue weighted by molar-refractivity contribution is 5.96. The molecule has 2 aromatic carbocycles. The summed E-state index contributed by atoms with van der Waals surface area (Å²) in [4.78, 5) is 24.0. The van der Waals surface area contributed by atoms with Crippen molar-refractivity contribution < 1.29 is 14.3 Å². The zero-order valence-corrected chi connectivity index (χ0v) is 15.0. The molecule has 0 aromatic heterocycles. The van der Waals surface area contributed by atoms with Crippen molar-refractivity contribution in [2.75, 3.05) is 6.61 Å². The molecule has 0 fully saturated rings. The largest absolute Gasteiger partial charge is 0.483 e. The second-order valence-electron chi connectivity index (χ2n) is 6.50. The molecule has 0 saturated heterocycles. The van der Waals surface area contributed by atoms with Crippen molar-refractivity contribution in [2.24, 2.45) is 5.92 Å². The van der Waals surface area contributed by atoms with Crippen LogP contribution in [0, 0.1) is 5.92 Å². The van der Waals surface area contributed by atoms with Crippen molar-refractivity contribution in [1.29, 1.82) is 0 Å². The summed E-state index contributed by atoms with van der Waals surface area (Å²) in [7, 11) is 0. The second kappa shape index (κ2) is 9.02. The van der Waals surface area contributed by atoms with Crippen molar-refractivity contribution in [1.82, 2.24) is 5.32 Å². The minimum Gasteiger partial charge on any atom is -0.483 e. The van der Waals surface area contributed by atoms with Gasteiger partial charge in [-0.25, -0.2) is 0 Å². The third-order valence-corrected chi connectivity index (χ3v) is 3.87. The van der Waals surface area contributed by atoms with Gasteiger partial charge in [0.1, 0.15) is 5.75 Å². The molecule has 4 nitrogen and oxygen atoms in total. The summed E-state index contributed by atoms with van der Waals surface area (Å²) in [6.45, 7) is 5.62. The molecular weight excluding hydrogens is 314 g/mol. The maximum absolute atomic E-state index is 12.3. The number of carbonyl (C=O) groups excluding carboxylic acids is 2. The van der Waals surface area contributed by atoms with Crippen molar-refractivity contribution in [3.8, 4) is 5.75 Å². The summed E-state index contributed by atoms with van der Waals surface area (Å²) in [6, 6.07) is 16.8. The smallest absolute Gasteiger partial charge is 0.258 e. The number of ketones is 1. The lowest BCUT2D eigenvalue weighted by Crippen LogP contribution is -2.33. The first-order valence-electron chi connectivity index (χ1n) is 8.54. The van der Waals surface area contributed by atoms with Crippen molar-refractivity contribution in [3.63, 3.8) is 0 Å². The molecule has 1 atom stereocenters. The van der Waals surface area contributed by atoms with Crippen LogP contribution in [0.15, 0.2) is 54.6 Å². The van der Waals surface area contributed by atoms with E-state index in [1.807, 2.05) is 30.3 Å². The van der Waals surface area contributed by atoms with Crippen LogP contribution in [0.5, 0.6) is 5.75 Å². The summed E-state index contributed by atoms with van der Waals surface area (Å²) in [5.74, 6) is 0.598. The highest BCUT2D eigenvalue weighted by atomic mass is 16.5. The van der Waals surface area contributed by atoms with Crippen LogP contribution >= 0.6 is 0 Å². The van der Waals surface area contributed by atoms with Gasteiger partial charge in [-0.15, -0.1) is 0 Å². The number of para-hydroxylation sites is 1. The number of rotatable bonds is 8. The fourth-order valence-corrected chi connectivity index (χ4v) is 2.70. The average Bonchev–Trinajstić information content (AvgIpc) is 2.60. The van der Waals surface area contributed by atoms with E-state index in [1.165, 1.54) is 6.92 Å². The van der Waals surface area contributed by atoms with Crippen LogP contribution in [0.4, 0.5) is 0 Å². The SMILES string of the molecule is CC(=O)c1ccccc1OCC(=O)NC(CC(C)C)c1ccccc1. The number of amides is 1. The summed E-state index contributed by atoms with van der Waals surface area (Å²) >= 11 is 0. The molecule has 0 aliphatic rings. The Balaban J connectivity index is 2.01. The number of Topliss-reactive ketones (excluding diaryl/α,β-unsaturated/α-hetero) is 1. The molecule has 0 aliphatic carbocycles. The zero-order valence-electron chi connectivity index (χ0n) is 15.0. The number of carbonyl (C=O) groups is 2. The molecule has 132 valence electrons. The van der Waals surface area contributed by atoms with Crippen LogP contribution in [-0.2, 0) is 4.79 Å². The highest BCUT2D eigenvalue weighted by Gasteiger charge is 2.17. The van der Waals surface area contributed by atoms with Crippen molar-refractivity contribution >= 4 is 11.7 Å². The molecule has 1 unspecified atom stereocenters. The van der Waals surface area contributed by atoms with E-state index in [0.29, 0.717) is 17.2 Å². The number of ether oxygens (including phenoxy) is 1. The van der Waals surface area contributed by atoms with E-state index in [9.17, 15) is 9.59 Å². The molecular formula is C21H25NO3. The van der Waals surface area contributed by atoms with Gasteiger partial charge in [0, 0.05) is 0 Å². The minimum atomic E-state index is -0.201. The monoisotopic (exact) mass is 339 g/mol. The van der Waals surface area contributed by atoms with Gasteiger partial charge >= 0.3 is 0 Å². The maximum atomic E-state index is 12.3. The molecule has 0 spiro atoms. The van der Waals surface area contributed by atoms with Crippen LogP contribution in [0.3, 0.4) is 0 Å². The van der Waals surface area contributed by atoms with Gasteiger partial charge in [0.15, 0.2) is 12.4 Å². The predicted octanol–water partition coefficient (Wildman–Crippen LogP) is 4.17. The quantitative estimate of drug-likeness (QED) is 0.734. The second-order valence-corrected chi connectivity index (χ2v) is 6.50. The fourth-order valence-electron chi connectivity index (χ4n) is 2.70. The molecule has 1 amide bonds. The predicted molar refractivity (Wildman–Crippen MR) is 98.7 cm³/mol. The molecule has 1 N–H and O–H groups in total. The van der Waals surface area contributed by atoms with Crippen LogP contribution < -0.4 is 10.1 Å². The molecule has 2 rings (SSSR count). The Kier molecular flexibility index (Phi) is 6.75. The summed E-state index contributed by atoms with van der Waals surface area (Å²) in [5.41, 5.74) is 1.56. The van der Waals surface area contributed by atoms with Gasteiger partial charge in [-0.1, -0.05) is 56.3 Å². The molecule has 0 heterocycles. The summed E-state index contributed by atoms with van der Waals surface area (Å²) in [5, 5.41) is 3.03. The van der Waals surface area contributed by atoms with Gasteiger partial charge < -0.3 is 10.1 Å². The van der Waals surface area contributed by atoms with Gasteiger partial charge in [-0.3, -0.25) is 9.59 Å². The van der Waals surface area contributed by atoms with Crippen molar-refractivity contribution in [3.05, 3.63) is 65.7 Å². The fraction of sp³-hybridized carbons (Fsp3) is 0.333. The first-order chi connectivity index (χ1) is 12.0. The Morgan fingerprint density at radius 1 is 1.00 bits per heavy atom. The third-order valence-electron chi connectivity index (χ3n) is 3.87. The Labute approximate surface area is 149 Å². The van der Waals surface area contributed by atoms with E-state index in [0.717, 1.165) is 12.0 Å². The lowest BCUT2D eigenvalue weighted by Gasteiger charge is -2.21. The van der Waals surface area contributed by atoms with Crippen LogP contribution in [0.2, 0.25) is 0 Å². The topological polar surface area (TPSA) is 55.4 Å². The van der Waals surface area contributed by atoms with Gasteiger partial charge in [-0.2, -0.15) is 0 Å². The van der Waals surface area contributed by atoms with Gasteiger partial charge in [0.05, 0.1) is 11.6 Å². The van der Waals surface area contributed by atoms with E-state index in [-0.39, 0.29) is 24.3 Å². The van der Waals surface area contributed by atoms with E-state index in [1.54, 1.807) is 24.3 Å². The molecule has 2 aromatic rings. The van der Waals surface area contributed by atoms with Crippen LogP contribution in [-0.4, -0.2) is 18.3 Å². The normalized spacial score (nSPS) is 11.8. The zero-order chi connectivity index (χ0) is 18.2. The number of benzene rings is 2. The Morgan fingerprint density at radius 3 is 2.28 bits per heavy atom. The van der Waals surface area contributed by atoms with Gasteiger partial charge in [-0.05, 0) is 37.0 Å². The Hall–Kier alpha value is -2.62.